The molecule has 1 aromatic heterocycles. The summed E-state index contributed by atoms with van der Waals surface area (Å²) in [4.78, 5) is 12.1. The summed E-state index contributed by atoms with van der Waals surface area (Å²) in [6.07, 6.45) is 2.74. The van der Waals surface area contributed by atoms with Crippen LogP contribution in [-0.2, 0) is 0 Å². The van der Waals surface area contributed by atoms with Crippen LogP contribution in [-0.4, -0.2) is 33.2 Å². The number of aromatic nitrogens is 3. The molecular weight excluding hydrogens is 229 g/mol. The lowest BCUT2D eigenvalue weighted by atomic mass is 10.1. The van der Waals surface area contributed by atoms with E-state index in [1.54, 1.807) is 0 Å². The maximum atomic E-state index is 13.5. The van der Waals surface area contributed by atoms with Crippen molar-refractivity contribution in [1.29, 1.82) is 0 Å². The van der Waals surface area contributed by atoms with Crippen molar-refractivity contribution in [3.05, 3.63) is 35.9 Å². The lowest BCUT2D eigenvalue weighted by molar-refractivity contribution is 0.0696. The Morgan fingerprint density at radius 1 is 1.41 bits per heavy atom. The van der Waals surface area contributed by atoms with Crippen LogP contribution in [0.4, 0.5) is 4.39 Å². The molecule has 2 rings (SSSR count). The topological polar surface area (TPSA) is 77.2 Å². The van der Waals surface area contributed by atoms with Gasteiger partial charge in [0.05, 0.1) is 25.1 Å². The number of ether oxygens (including phenoxy) is 1. The number of benzene rings is 1. The summed E-state index contributed by atoms with van der Waals surface area (Å²) in [5.41, 5.74) is -0.0970. The van der Waals surface area contributed by atoms with E-state index in [4.69, 9.17) is 9.84 Å². The van der Waals surface area contributed by atoms with Gasteiger partial charge >= 0.3 is 5.97 Å². The predicted molar refractivity (Wildman–Crippen MR) is 54.8 cm³/mol. The summed E-state index contributed by atoms with van der Waals surface area (Å²) in [5.74, 6) is -2.03. The minimum atomic E-state index is -1.21. The van der Waals surface area contributed by atoms with E-state index in [1.807, 2.05) is 0 Å². The van der Waals surface area contributed by atoms with E-state index in [0.717, 1.165) is 16.9 Å². The van der Waals surface area contributed by atoms with E-state index >= 15 is 0 Å². The molecule has 88 valence electrons. The number of hydrogen-bond acceptors (Lipinski definition) is 4. The van der Waals surface area contributed by atoms with Crippen molar-refractivity contribution in [1.82, 2.24) is 15.0 Å². The summed E-state index contributed by atoms with van der Waals surface area (Å²) in [5, 5.41) is 16.6. The quantitative estimate of drug-likeness (QED) is 0.865. The molecule has 0 atom stereocenters. The number of hydrogen-bond donors (Lipinski definition) is 1. The van der Waals surface area contributed by atoms with Crippen molar-refractivity contribution in [3.8, 4) is 11.4 Å². The zero-order chi connectivity index (χ0) is 12.4. The van der Waals surface area contributed by atoms with Crippen LogP contribution < -0.4 is 4.74 Å². The van der Waals surface area contributed by atoms with Crippen LogP contribution in [0.3, 0.4) is 0 Å². The van der Waals surface area contributed by atoms with Crippen molar-refractivity contribution in [2.24, 2.45) is 0 Å². The highest BCUT2D eigenvalue weighted by Gasteiger charge is 2.17. The third-order valence-electron chi connectivity index (χ3n) is 2.13. The summed E-state index contributed by atoms with van der Waals surface area (Å²) in [7, 11) is 1.26. The van der Waals surface area contributed by atoms with Crippen LogP contribution in [0, 0.1) is 5.82 Å². The molecule has 1 N–H and O–H groups in total. The fourth-order valence-corrected chi connectivity index (χ4v) is 1.38. The van der Waals surface area contributed by atoms with Gasteiger partial charge in [0.15, 0.2) is 11.6 Å². The van der Waals surface area contributed by atoms with Crippen LogP contribution >= 0.6 is 0 Å². The molecule has 0 radical (unpaired) electrons. The van der Waals surface area contributed by atoms with Gasteiger partial charge in [-0.2, -0.15) is 15.0 Å². The Kier molecular flexibility index (Phi) is 2.73. The van der Waals surface area contributed by atoms with Gasteiger partial charge in [0.1, 0.15) is 5.69 Å². The van der Waals surface area contributed by atoms with Gasteiger partial charge in [0.25, 0.3) is 0 Å². The number of carboxylic acids is 1. The van der Waals surface area contributed by atoms with E-state index in [9.17, 15) is 9.18 Å². The first-order valence-corrected chi connectivity index (χ1v) is 4.61. The van der Waals surface area contributed by atoms with Crippen molar-refractivity contribution in [2.75, 3.05) is 7.11 Å². The fraction of sp³-hybridized carbons (Fsp3) is 0.100. The van der Waals surface area contributed by atoms with Gasteiger partial charge in [-0.3, -0.25) is 0 Å². The fourth-order valence-electron chi connectivity index (χ4n) is 1.38. The summed E-state index contributed by atoms with van der Waals surface area (Å²) < 4.78 is 18.2. The Hall–Kier alpha value is -2.44. The first-order chi connectivity index (χ1) is 8.13. The molecule has 1 aromatic carbocycles. The number of aromatic carboxylic acids is 1. The normalized spacial score (nSPS) is 10.2. The van der Waals surface area contributed by atoms with Crippen molar-refractivity contribution < 1.29 is 19.0 Å². The first-order valence-electron chi connectivity index (χ1n) is 4.61. The number of nitrogens with zero attached hydrogens (tertiary/aromatic N) is 3. The van der Waals surface area contributed by atoms with Crippen molar-refractivity contribution in [2.45, 2.75) is 0 Å². The highest BCUT2D eigenvalue weighted by Crippen LogP contribution is 2.24. The lowest BCUT2D eigenvalue weighted by Crippen LogP contribution is -2.09. The Morgan fingerprint density at radius 2 is 2.06 bits per heavy atom. The van der Waals surface area contributed by atoms with Crippen LogP contribution in [0.2, 0.25) is 0 Å². The molecule has 0 amide bonds. The summed E-state index contributed by atoms with van der Waals surface area (Å²) >= 11 is 0. The second-order valence-electron chi connectivity index (χ2n) is 3.13. The molecule has 0 aliphatic rings. The second kappa shape index (κ2) is 4.20. The maximum absolute atomic E-state index is 13.5. The highest BCUT2D eigenvalue weighted by molar-refractivity contribution is 5.92. The minimum absolute atomic E-state index is 0.0424. The molecule has 0 fully saturated rings. The van der Waals surface area contributed by atoms with Gasteiger partial charge in [-0.1, -0.05) is 0 Å². The molecule has 0 aliphatic carbocycles. The molecule has 1 heterocycles. The monoisotopic (exact) mass is 237 g/mol. The minimum Gasteiger partial charge on any atom is -0.494 e. The van der Waals surface area contributed by atoms with Gasteiger partial charge in [-0.25, -0.2) is 9.18 Å². The standard InChI is InChI=1S/C10H8FN3O3/c1-17-9-4-6(10(15)16)8(5-7(9)11)14-12-2-3-13-14/h2-5H,1H3,(H,15,16). The summed E-state index contributed by atoms with van der Waals surface area (Å²) in [6, 6.07) is 2.11. The van der Waals surface area contributed by atoms with E-state index < -0.39 is 11.8 Å². The van der Waals surface area contributed by atoms with E-state index in [1.165, 1.54) is 19.5 Å². The summed E-state index contributed by atoms with van der Waals surface area (Å²) in [6.45, 7) is 0. The molecule has 2 aromatic rings. The number of carboxylic acid groups (broad SMARTS) is 1. The Morgan fingerprint density at radius 3 is 2.59 bits per heavy atom. The largest absolute Gasteiger partial charge is 0.494 e. The van der Waals surface area contributed by atoms with E-state index in [2.05, 4.69) is 10.2 Å². The molecule has 0 unspecified atom stereocenters. The average Bonchev–Trinajstić information content (AvgIpc) is 2.81. The van der Waals surface area contributed by atoms with Gasteiger partial charge in [-0.05, 0) is 6.07 Å². The molecule has 0 bridgehead atoms. The Balaban J connectivity index is 2.66. The molecule has 0 spiro atoms. The second-order valence-corrected chi connectivity index (χ2v) is 3.13. The van der Waals surface area contributed by atoms with Gasteiger partial charge in [-0.15, -0.1) is 0 Å². The van der Waals surface area contributed by atoms with Crippen LogP contribution in [0.1, 0.15) is 10.4 Å². The highest BCUT2D eigenvalue weighted by atomic mass is 19.1. The molecule has 0 aliphatic heterocycles. The third kappa shape index (κ3) is 1.94. The van der Waals surface area contributed by atoms with E-state index in [0.29, 0.717) is 0 Å². The Labute approximate surface area is 95.2 Å². The lowest BCUT2D eigenvalue weighted by Gasteiger charge is -2.08. The first kappa shape index (κ1) is 11.1. The van der Waals surface area contributed by atoms with Gasteiger partial charge < -0.3 is 9.84 Å². The number of methoxy groups -OCH3 is 1. The number of rotatable bonds is 3. The maximum Gasteiger partial charge on any atom is 0.338 e. The zero-order valence-corrected chi connectivity index (χ0v) is 8.79. The van der Waals surface area contributed by atoms with Crippen LogP contribution in [0.15, 0.2) is 24.5 Å². The SMILES string of the molecule is COc1cc(C(=O)O)c(-n2nccn2)cc1F. The molecule has 0 saturated heterocycles. The Bertz CT molecular complexity index is 554. The molecule has 0 saturated carbocycles. The number of carbonyl (C=O) groups is 1. The molecule has 7 heteroatoms. The van der Waals surface area contributed by atoms with Crippen molar-refractivity contribution >= 4 is 5.97 Å². The molecule has 17 heavy (non-hydrogen) atoms. The third-order valence-corrected chi connectivity index (χ3v) is 2.13. The predicted octanol–water partition coefficient (Wildman–Crippen LogP) is 1.11. The average molecular weight is 237 g/mol. The van der Waals surface area contributed by atoms with Crippen molar-refractivity contribution in [3.63, 3.8) is 0 Å². The molecule has 6 nitrogen and oxygen atoms in total. The number of halogens is 1. The van der Waals surface area contributed by atoms with Crippen LogP contribution in [0.25, 0.3) is 5.69 Å². The zero-order valence-electron chi connectivity index (χ0n) is 8.79. The van der Waals surface area contributed by atoms with E-state index in [-0.39, 0.29) is 17.0 Å². The molecular formula is C10H8FN3O3. The smallest absolute Gasteiger partial charge is 0.338 e. The van der Waals surface area contributed by atoms with Gasteiger partial charge in [0, 0.05) is 6.07 Å². The van der Waals surface area contributed by atoms with Crippen LogP contribution in [0.5, 0.6) is 5.75 Å². The van der Waals surface area contributed by atoms with Gasteiger partial charge in [0.2, 0.25) is 0 Å².